The molecule has 0 bridgehead atoms. The zero-order valence-corrected chi connectivity index (χ0v) is 13.5. The number of nitrogens with one attached hydrogen (secondary N) is 2. The maximum Gasteiger partial charge on any atom is 0.222 e. The minimum atomic E-state index is -0.0927. The number of carbonyl (C=O) groups excluding carboxylic acids is 2. The van der Waals surface area contributed by atoms with Crippen LogP contribution in [-0.2, 0) is 9.59 Å². The molecule has 1 aromatic rings. The molecule has 0 unspecified atom stereocenters. The zero-order valence-electron chi connectivity index (χ0n) is 12.7. The van der Waals surface area contributed by atoms with Crippen LogP contribution in [-0.4, -0.2) is 41.3 Å². The second-order valence-electron chi connectivity index (χ2n) is 5.35. The Morgan fingerprint density at radius 2 is 2.05 bits per heavy atom. The first-order valence-electron chi connectivity index (χ1n) is 7.50. The van der Waals surface area contributed by atoms with Crippen LogP contribution in [0.15, 0.2) is 24.3 Å². The molecular formula is C16H21N3O2S. The standard InChI is InChI=1S/C16H21N3O2S/c1-12(20)18-14-7-5-13(6-8-14)16(22)17-9-3-11-19-10-2-4-15(19)21/h5-8H,2-4,9-11H2,1H3,(H,17,22)(H,18,20). The fourth-order valence-corrected chi connectivity index (χ4v) is 2.66. The third kappa shape index (κ3) is 4.80. The highest BCUT2D eigenvalue weighted by Crippen LogP contribution is 2.11. The number of benzene rings is 1. The average molecular weight is 319 g/mol. The number of nitrogens with zero attached hydrogens (tertiary/aromatic N) is 1. The second kappa shape index (κ2) is 7.89. The van der Waals surface area contributed by atoms with Gasteiger partial charge in [0.05, 0.1) is 0 Å². The van der Waals surface area contributed by atoms with Crippen molar-refractivity contribution in [3.63, 3.8) is 0 Å². The lowest BCUT2D eigenvalue weighted by molar-refractivity contribution is -0.127. The van der Waals surface area contributed by atoms with Crippen molar-refractivity contribution in [1.82, 2.24) is 10.2 Å². The number of rotatable bonds is 6. The van der Waals surface area contributed by atoms with Gasteiger partial charge in [0, 0.05) is 44.2 Å². The lowest BCUT2D eigenvalue weighted by Crippen LogP contribution is -2.30. The molecule has 2 N–H and O–H groups in total. The first-order valence-corrected chi connectivity index (χ1v) is 7.91. The summed E-state index contributed by atoms with van der Waals surface area (Å²) in [6.45, 7) is 3.89. The Morgan fingerprint density at radius 1 is 1.32 bits per heavy atom. The van der Waals surface area contributed by atoms with Crippen molar-refractivity contribution in [2.75, 3.05) is 25.0 Å². The van der Waals surface area contributed by atoms with E-state index in [-0.39, 0.29) is 11.8 Å². The van der Waals surface area contributed by atoms with Crippen LogP contribution in [0.1, 0.15) is 31.7 Å². The predicted octanol–water partition coefficient (Wildman–Crippen LogP) is 1.92. The first kappa shape index (κ1) is 16.4. The Labute approximate surface area is 136 Å². The van der Waals surface area contributed by atoms with Gasteiger partial charge in [0.25, 0.3) is 0 Å². The van der Waals surface area contributed by atoms with Crippen LogP contribution in [0.2, 0.25) is 0 Å². The van der Waals surface area contributed by atoms with Gasteiger partial charge in [-0.25, -0.2) is 0 Å². The molecule has 5 nitrogen and oxygen atoms in total. The summed E-state index contributed by atoms with van der Waals surface area (Å²) in [5, 5.41) is 5.92. The Kier molecular flexibility index (Phi) is 5.89. The summed E-state index contributed by atoms with van der Waals surface area (Å²) in [6, 6.07) is 7.41. The number of hydrogen-bond donors (Lipinski definition) is 2. The minimum absolute atomic E-state index is 0.0927. The van der Waals surface area contributed by atoms with E-state index < -0.39 is 0 Å². The van der Waals surface area contributed by atoms with Crippen LogP contribution in [0.5, 0.6) is 0 Å². The molecule has 1 aliphatic rings. The zero-order chi connectivity index (χ0) is 15.9. The quantitative estimate of drug-likeness (QED) is 0.621. The number of anilines is 1. The van der Waals surface area contributed by atoms with Gasteiger partial charge in [0.2, 0.25) is 11.8 Å². The summed E-state index contributed by atoms with van der Waals surface area (Å²) in [4.78, 5) is 25.0. The van der Waals surface area contributed by atoms with E-state index in [2.05, 4.69) is 10.6 Å². The van der Waals surface area contributed by atoms with Crippen molar-refractivity contribution in [2.45, 2.75) is 26.2 Å². The van der Waals surface area contributed by atoms with Crippen molar-refractivity contribution in [3.05, 3.63) is 29.8 Å². The number of thiocarbonyl (C=S) groups is 1. The van der Waals surface area contributed by atoms with E-state index in [0.29, 0.717) is 11.4 Å². The molecule has 118 valence electrons. The van der Waals surface area contributed by atoms with Gasteiger partial charge in [0.15, 0.2) is 0 Å². The predicted molar refractivity (Wildman–Crippen MR) is 90.9 cm³/mol. The van der Waals surface area contributed by atoms with Gasteiger partial charge >= 0.3 is 0 Å². The summed E-state index contributed by atoms with van der Waals surface area (Å²) >= 11 is 5.34. The van der Waals surface area contributed by atoms with Gasteiger partial charge in [-0.2, -0.15) is 0 Å². The summed E-state index contributed by atoms with van der Waals surface area (Å²) in [5.74, 6) is 0.168. The lowest BCUT2D eigenvalue weighted by Gasteiger charge is -2.15. The fraction of sp³-hybridized carbons (Fsp3) is 0.438. The SMILES string of the molecule is CC(=O)Nc1ccc(C(=S)NCCCN2CCCC2=O)cc1. The lowest BCUT2D eigenvalue weighted by atomic mass is 10.2. The molecule has 22 heavy (non-hydrogen) atoms. The number of amides is 2. The minimum Gasteiger partial charge on any atom is -0.376 e. The van der Waals surface area contributed by atoms with Crippen LogP contribution in [0.4, 0.5) is 5.69 Å². The second-order valence-corrected chi connectivity index (χ2v) is 5.76. The van der Waals surface area contributed by atoms with E-state index in [1.165, 1.54) is 6.92 Å². The van der Waals surface area contributed by atoms with E-state index in [0.717, 1.165) is 43.7 Å². The van der Waals surface area contributed by atoms with Crippen LogP contribution in [0.25, 0.3) is 0 Å². The normalized spacial score (nSPS) is 14.0. The van der Waals surface area contributed by atoms with Crippen molar-refractivity contribution in [2.24, 2.45) is 0 Å². The smallest absolute Gasteiger partial charge is 0.222 e. The van der Waals surface area contributed by atoms with E-state index in [9.17, 15) is 9.59 Å². The molecule has 0 aromatic heterocycles. The molecule has 1 saturated heterocycles. The summed E-state index contributed by atoms with van der Waals surface area (Å²) in [5.41, 5.74) is 1.67. The molecule has 1 aliphatic heterocycles. The van der Waals surface area contributed by atoms with Crippen LogP contribution in [0, 0.1) is 0 Å². The van der Waals surface area contributed by atoms with Gasteiger partial charge in [-0.15, -0.1) is 0 Å². The number of carbonyl (C=O) groups is 2. The molecule has 1 aromatic carbocycles. The third-order valence-corrected chi connectivity index (χ3v) is 3.91. The Bertz CT molecular complexity index is 557. The van der Waals surface area contributed by atoms with Gasteiger partial charge in [-0.05, 0) is 37.1 Å². The highest BCUT2D eigenvalue weighted by molar-refractivity contribution is 7.80. The van der Waals surface area contributed by atoms with Crippen LogP contribution in [0.3, 0.4) is 0 Å². The fourth-order valence-electron chi connectivity index (χ4n) is 2.42. The summed E-state index contributed by atoms with van der Waals surface area (Å²) in [6.07, 6.45) is 2.55. The molecule has 0 radical (unpaired) electrons. The summed E-state index contributed by atoms with van der Waals surface area (Å²) < 4.78 is 0. The molecule has 0 saturated carbocycles. The van der Waals surface area contributed by atoms with E-state index in [1.54, 1.807) is 0 Å². The largest absolute Gasteiger partial charge is 0.376 e. The van der Waals surface area contributed by atoms with Crippen molar-refractivity contribution >= 4 is 34.7 Å². The van der Waals surface area contributed by atoms with Gasteiger partial charge < -0.3 is 15.5 Å². The Hall–Kier alpha value is -1.95. The van der Waals surface area contributed by atoms with Gasteiger partial charge in [-0.1, -0.05) is 12.2 Å². The Morgan fingerprint density at radius 3 is 2.64 bits per heavy atom. The van der Waals surface area contributed by atoms with Crippen LogP contribution >= 0.6 is 12.2 Å². The van der Waals surface area contributed by atoms with E-state index in [4.69, 9.17) is 12.2 Å². The van der Waals surface area contributed by atoms with Crippen LogP contribution < -0.4 is 10.6 Å². The molecule has 1 heterocycles. The molecule has 6 heteroatoms. The molecule has 2 rings (SSSR count). The highest BCUT2D eigenvalue weighted by Gasteiger charge is 2.18. The number of likely N-dealkylation sites (tertiary alicyclic amines) is 1. The topological polar surface area (TPSA) is 61.4 Å². The van der Waals surface area contributed by atoms with Gasteiger partial charge in [-0.3, -0.25) is 9.59 Å². The maximum absolute atomic E-state index is 11.5. The van der Waals surface area contributed by atoms with E-state index >= 15 is 0 Å². The maximum atomic E-state index is 11.5. The monoisotopic (exact) mass is 319 g/mol. The highest BCUT2D eigenvalue weighted by atomic mass is 32.1. The summed E-state index contributed by atoms with van der Waals surface area (Å²) in [7, 11) is 0. The van der Waals surface area contributed by atoms with Crippen molar-refractivity contribution in [3.8, 4) is 0 Å². The molecule has 0 aliphatic carbocycles. The van der Waals surface area contributed by atoms with E-state index in [1.807, 2.05) is 29.2 Å². The molecule has 0 atom stereocenters. The Balaban J connectivity index is 1.72. The van der Waals surface area contributed by atoms with Gasteiger partial charge in [0.1, 0.15) is 4.99 Å². The average Bonchev–Trinajstić information content (AvgIpc) is 2.89. The molecular weight excluding hydrogens is 298 g/mol. The molecule has 0 spiro atoms. The molecule has 1 fully saturated rings. The van der Waals surface area contributed by atoms with Crippen molar-refractivity contribution in [1.29, 1.82) is 0 Å². The molecule has 2 amide bonds. The first-order chi connectivity index (χ1) is 10.6. The van der Waals surface area contributed by atoms with Crippen molar-refractivity contribution < 1.29 is 9.59 Å². The number of hydrogen-bond acceptors (Lipinski definition) is 3. The third-order valence-electron chi connectivity index (χ3n) is 3.53.